The first-order valence-corrected chi connectivity index (χ1v) is 10.7. The van der Waals surface area contributed by atoms with Crippen LogP contribution in [0.5, 0.6) is 11.5 Å². The molecule has 174 valence electrons. The molecule has 1 amide bonds. The maximum Gasteiger partial charge on any atom is 0.573 e. The van der Waals surface area contributed by atoms with Gasteiger partial charge in [-0.05, 0) is 65.9 Å². The maximum absolute atomic E-state index is 13.7. The van der Waals surface area contributed by atoms with Crippen LogP contribution in [-0.2, 0) is 11.4 Å². The van der Waals surface area contributed by atoms with Crippen LogP contribution in [0.2, 0.25) is 0 Å². The summed E-state index contributed by atoms with van der Waals surface area (Å²) in [6.45, 7) is 0.0698. The number of halogens is 4. The molecule has 3 aromatic rings. The van der Waals surface area contributed by atoms with E-state index < -0.39 is 18.0 Å². The van der Waals surface area contributed by atoms with Gasteiger partial charge < -0.3 is 9.47 Å². The van der Waals surface area contributed by atoms with Gasteiger partial charge in [0, 0.05) is 5.56 Å². The van der Waals surface area contributed by atoms with E-state index in [2.05, 4.69) is 4.74 Å². The standard InChI is InChI=1S/C24H16F4N2O3S/c25-20-4-2-1-3-16(20)14-32-18-9-5-15(6-10-18)13-21-22(31)30(23(29)34-21)17-7-11-19(12-8-17)33-24(26,27)28/h1-13,29H,14H2/b21-13-,29-23?. The van der Waals surface area contributed by atoms with E-state index in [0.29, 0.717) is 16.9 Å². The number of thioether (sulfide) groups is 1. The fourth-order valence-electron chi connectivity index (χ4n) is 3.11. The summed E-state index contributed by atoms with van der Waals surface area (Å²) in [6.07, 6.45) is -3.22. The van der Waals surface area contributed by atoms with Crippen molar-refractivity contribution in [2.24, 2.45) is 0 Å². The second-order valence-electron chi connectivity index (χ2n) is 7.05. The number of nitrogens with zero attached hydrogens (tertiary/aromatic N) is 1. The molecule has 1 aliphatic rings. The molecule has 3 aromatic carbocycles. The number of amides is 1. The minimum Gasteiger partial charge on any atom is -0.489 e. The van der Waals surface area contributed by atoms with Gasteiger partial charge in [0.25, 0.3) is 5.91 Å². The summed E-state index contributed by atoms with van der Waals surface area (Å²) in [4.78, 5) is 14.2. The second-order valence-corrected chi connectivity index (χ2v) is 8.08. The fraction of sp³-hybridized carbons (Fsp3) is 0.0833. The lowest BCUT2D eigenvalue weighted by molar-refractivity contribution is -0.274. The largest absolute Gasteiger partial charge is 0.573 e. The number of nitrogens with one attached hydrogen (secondary N) is 1. The molecule has 1 aliphatic heterocycles. The van der Waals surface area contributed by atoms with Crippen LogP contribution in [0.3, 0.4) is 0 Å². The summed E-state index contributed by atoms with van der Waals surface area (Å²) < 4.78 is 60.1. The van der Waals surface area contributed by atoms with Gasteiger partial charge in [0.1, 0.15) is 23.9 Å². The third-order valence-corrected chi connectivity index (χ3v) is 5.57. The van der Waals surface area contributed by atoms with E-state index in [1.807, 2.05) is 0 Å². The number of carbonyl (C=O) groups is 1. The van der Waals surface area contributed by atoms with Crippen LogP contribution < -0.4 is 14.4 Å². The zero-order valence-corrected chi connectivity index (χ0v) is 18.1. The molecular formula is C24H16F4N2O3S. The fourth-order valence-corrected chi connectivity index (χ4v) is 3.97. The molecule has 5 nitrogen and oxygen atoms in total. The quantitative estimate of drug-likeness (QED) is 0.324. The minimum atomic E-state index is -4.82. The number of rotatable bonds is 6. The van der Waals surface area contributed by atoms with Crippen molar-refractivity contribution in [2.45, 2.75) is 13.0 Å². The van der Waals surface area contributed by atoms with Crippen LogP contribution in [0, 0.1) is 11.2 Å². The van der Waals surface area contributed by atoms with Crippen LogP contribution in [0.25, 0.3) is 6.08 Å². The second kappa shape index (κ2) is 9.60. The van der Waals surface area contributed by atoms with Crippen LogP contribution in [0.15, 0.2) is 77.7 Å². The van der Waals surface area contributed by atoms with Crippen molar-refractivity contribution in [3.8, 4) is 11.5 Å². The Morgan fingerprint density at radius 2 is 1.59 bits per heavy atom. The van der Waals surface area contributed by atoms with Crippen molar-refractivity contribution in [3.63, 3.8) is 0 Å². The first kappa shape index (κ1) is 23.4. The Balaban J connectivity index is 1.43. The molecular weight excluding hydrogens is 472 g/mol. The third-order valence-electron chi connectivity index (χ3n) is 4.68. The van der Waals surface area contributed by atoms with Gasteiger partial charge in [-0.15, -0.1) is 13.2 Å². The number of alkyl halides is 3. The summed E-state index contributed by atoms with van der Waals surface area (Å²) in [7, 11) is 0. The SMILES string of the molecule is N=C1S/C(=C\c2ccc(OCc3ccccc3F)cc2)C(=O)N1c1ccc(OC(F)(F)F)cc1. The van der Waals surface area contributed by atoms with Crippen LogP contribution in [0.4, 0.5) is 23.2 Å². The highest BCUT2D eigenvalue weighted by molar-refractivity contribution is 8.19. The molecule has 1 heterocycles. The average molecular weight is 488 g/mol. The molecule has 0 spiro atoms. The zero-order valence-electron chi connectivity index (χ0n) is 17.3. The lowest BCUT2D eigenvalue weighted by Gasteiger charge is -2.15. The highest BCUT2D eigenvalue weighted by Gasteiger charge is 2.34. The van der Waals surface area contributed by atoms with E-state index in [1.165, 1.54) is 18.2 Å². The van der Waals surface area contributed by atoms with Gasteiger partial charge in [-0.1, -0.05) is 30.3 Å². The van der Waals surface area contributed by atoms with Gasteiger partial charge in [0.15, 0.2) is 5.17 Å². The first-order valence-electron chi connectivity index (χ1n) is 9.84. The van der Waals surface area contributed by atoms with Gasteiger partial charge in [0.2, 0.25) is 0 Å². The van der Waals surface area contributed by atoms with Crippen molar-refractivity contribution < 1.29 is 31.8 Å². The molecule has 0 saturated carbocycles. The third kappa shape index (κ3) is 5.57. The van der Waals surface area contributed by atoms with Gasteiger partial charge in [-0.3, -0.25) is 15.1 Å². The van der Waals surface area contributed by atoms with Crippen molar-refractivity contribution in [1.29, 1.82) is 5.41 Å². The predicted molar refractivity (Wildman–Crippen MR) is 121 cm³/mol. The molecule has 0 aromatic heterocycles. The van der Waals surface area contributed by atoms with Crippen LogP contribution >= 0.6 is 11.8 Å². The lowest BCUT2D eigenvalue weighted by Crippen LogP contribution is -2.28. The van der Waals surface area contributed by atoms with E-state index in [1.54, 1.807) is 48.5 Å². The molecule has 10 heteroatoms. The topological polar surface area (TPSA) is 62.6 Å². The Bertz CT molecular complexity index is 1240. The molecule has 0 aliphatic carbocycles. The Hall–Kier alpha value is -3.79. The van der Waals surface area contributed by atoms with Gasteiger partial charge in [-0.2, -0.15) is 0 Å². The number of carbonyl (C=O) groups excluding carboxylic acids is 1. The molecule has 0 bridgehead atoms. The van der Waals surface area contributed by atoms with E-state index >= 15 is 0 Å². The molecule has 1 fully saturated rings. The van der Waals surface area contributed by atoms with Crippen LogP contribution in [0.1, 0.15) is 11.1 Å². The van der Waals surface area contributed by atoms with Gasteiger partial charge in [-0.25, -0.2) is 4.39 Å². The summed E-state index contributed by atoms with van der Waals surface area (Å²) in [5.41, 5.74) is 1.35. The molecule has 0 unspecified atom stereocenters. The van der Waals surface area contributed by atoms with E-state index in [9.17, 15) is 22.4 Å². The molecule has 4 rings (SSSR count). The number of benzene rings is 3. The molecule has 0 atom stereocenters. The summed E-state index contributed by atoms with van der Waals surface area (Å²) in [6, 6.07) is 17.8. The highest BCUT2D eigenvalue weighted by atomic mass is 32.2. The molecule has 0 radical (unpaired) electrons. The van der Waals surface area contributed by atoms with Gasteiger partial charge in [0.05, 0.1) is 10.6 Å². The number of amidine groups is 1. The number of hydrogen-bond acceptors (Lipinski definition) is 5. The van der Waals surface area contributed by atoms with Gasteiger partial charge >= 0.3 is 6.36 Å². The Morgan fingerprint density at radius 1 is 0.941 bits per heavy atom. The van der Waals surface area contributed by atoms with Crippen molar-refractivity contribution in [3.05, 3.63) is 94.6 Å². The number of anilines is 1. The highest BCUT2D eigenvalue weighted by Crippen LogP contribution is 2.36. The van der Waals surface area contributed by atoms with E-state index in [-0.39, 0.29) is 28.2 Å². The van der Waals surface area contributed by atoms with E-state index in [4.69, 9.17) is 10.1 Å². The number of ether oxygens (including phenoxy) is 2. The molecule has 1 N–H and O–H groups in total. The summed E-state index contributed by atoms with van der Waals surface area (Å²) >= 11 is 0.936. The number of hydrogen-bond donors (Lipinski definition) is 1. The first-order chi connectivity index (χ1) is 16.2. The van der Waals surface area contributed by atoms with Crippen molar-refractivity contribution in [1.82, 2.24) is 0 Å². The van der Waals surface area contributed by atoms with Crippen molar-refractivity contribution in [2.75, 3.05) is 4.90 Å². The smallest absolute Gasteiger partial charge is 0.489 e. The van der Waals surface area contributed by atoms with Crippen LogP contribution in [-0.4, -0.2) is 17.4 Å². The normalized spacial score (nSPS) is 15.2. The Kier molecular flexibility index (Phi) is 6.60. The summed E-state index contributed by atoms with van der Waals surface area (Å²) in [5.74, 6) is -0.726. The monoisotopic (exact) mass is 488 g/mol. The maximum atomic E-state index is 13.7. The Morgan fingerprint density at radius 3 is 2.24 bits per heavy atom. The molecule has 1 saturated heterocycles. The minimum absolute atomic E-state index is 0.0698. The van der Waals surface area contributed by atoms with Crippen molar-refractivity contribution >= 4 is 34.6 Å². The zero-order chi connectivity index (χ0) is 24.3. The van der Waals surface area contributed by atoms with E-state index in [0.717, 1.165) is 28.8 Å². The lowest BCUT2D eigenvalue weighted by atomic mass is 10.2. The average Bonchev–Trinajstić information content (AvgIpc) is 3.06. The summed E-state index contributed by atoms with van der Waals surface area (Å²) in [5, 5.41) is 8.04. The Labute approximate surface area is 196 Å². The predicted octanol–water partition coefficient (Wildman–Crippen LogP) is 6.36. The molecule has 34 heavy (non-hydrogen) atoms.